The van der Waals surface area contributed by atoms with Gasteiger partial charge in [-0.1, -0.05) is 12.1 Å². The lowest BCUT2D eigenvalue weighted by atomic mass is 10.0. The maximum absolute atomic E-state index is 13.9. The molecule has 2 heterocycles. The van der Waals surface area contributed by atoms with Gasteiger partial charge in [0.1, 0.15) is 0 Å². The van der Waals surface area contributed by atoms with Gasteiger partial charge in [0, 0.05) is 54.4 Å². The number of nitrogens with two attached hydrogens (primary N) is 1. The van der Waals surface area contributed by atoms with Gasteiger partial charge < -0.3 is 20.9 Å². The van der Waals surface area contributed by atoms with Crippen molar-refractivity contribution in [1.82, 2.24) is 14.9 Å². The first kappa shape index (κ1) is 29.5. The average molecular weight is 590 g/mol. The van der Waals surface area contributed by atoms with Crippen molar-refractivity contribution in [1.29, 1.82) is 0 Å². The Labute approximate surface area is 246 Å². The first-order chi connectivity index (χ1) is 20.5. The van der Waals surface area contributed by atoms with E-state index in [1.54, 1.807) is 13.0 Å². The third-order valence-corrected chi connectivity index (χ3v) is 7.28. The summed E-state index contributed by atoms with van der Waals surface area (Å²) in [4.78, 5) is 40.0. The molecule has 1 fully saturated rings. The van der Waals surface area contributed by atoms with E-state index >= 15 is 0 Å². The maximum atomic E-state index is 13.9. The summed E-state index contributed by atoms with van der Waals surface area (Å²) in [7, 11) is 2.10. The number of halogens is 3. The summed E-state index contributed by atoms with van der Waals surface area (Å²) in [6.45, 7) is 5.54. The monoisotopic (exact) mass is 589 g/mol. The second-order valence-electron chi connectivity index (χ2n) is 10.3. The van der Waals surface area contributed by atoms with E-state index in [0.717, 1.165) is 54.6 Å². The SMILES string of the molecule is Cc1ccc(C(N)=O)cc1C(=O)N(c1cnc(Nc2ccc(N3CCN(C)CC3)cc2)nc1)c1cccc(C(F)(F)F)c1. The molecule has 5 rings (SSSR count). The Morgan fingerprint density at radius 3 is 2.21 bits per heavy atom. The molecule has 0 bridgehead atoms. The van der Waals surface area contributed by atoms with Gasteiger partial charge in [0.05, 0.1) is 23.6 Å². The molecule has 43 heavy (non-hydrogen) atoms. The molecule has 3 aromatic carbocycles. The number of anilines is 5. The van der Waals surface area contributed by atoms with E-state index < -0.39 is 23.6 Å². The number of nitrogens with one attached hydrogen (secondary N) is 1. The van der Waals surface area contributed by atoms with Gasteiger partial charge in [-0.15, -0.1) is 0 Å². The molecule has 0 saturated carbocycles. The van der Waals surface area contributed by atoms with Crippen molar-refractivity contribution in [2.45, 2.75) is 13.1 Å². The van der Waals surface area contributed by atoms with E-state index in [1.807, 2.05) is 24.3 Å². The van der Waals surface area contributed by atoms with Gasteiger partial charge >= 0.3 is 6.18 Å². The van der Waals surface area contributed by atoms with E-state index in [-0.39, 0.29) is 28.5 Å². The van der Waals surface area contributed by atoms with Gasteiger partial charge in [-0.25, -0.2) is 9.97 Å². The summed E-state index contributed by atoms with van der Waals surface area (Å²) in [6.07, 6.45) is -1.94. The van der Waals surface area contributed by atoms with Crippen LogP contribution in [0.25, 0.3) is 0 Å². The smallest absolute Gasteiger partial charge is 0.369 e. The summed E-state index contributed by atoms with van der Waals surface area (Å²) < 4.78 is 40.7. The quantitative estimate of drug-likeness (QED) is 0.298. The normalized spacial score (nSPS) is 13.9. The summed E-state index contributed by atoms with van der Waals surface area (Å²) in [6, 6.07) is 16.6. The van der Waals surface area contributed by atoms with Gasteiger partial charge in [0.2, 0.25) is 11.9 Å². The summed E-state index contributed by atoms with van der Waals surface area (Å²) >= 11 is 0. The van der Waals surface area contributed by atoms with Crippen LogP contribution in [-0.2, 0) is 6.18 Å². The largest absolute Gasteiger partial charge is 0.416 e. The fourth-order valence-electron chi connectivity index (χ4n) is 4.78. The number of benzene rings is 3. The second-order valence-corrected chi connectivity index (χ2v) is 10.3. The minimum absolute atomic E-state index is 0.0486. The van der Waals surface area contributed by atoms with Gasteiger partial charge in [0.15, 0.2) is 0 Å². The number of carbonyl (C=O) groups excluding carboxylic acids is 2. The van der Waals surface area contributed by atoms with Crippen LogP contribution in [0.15, 0.2) is 79.1 Å². The van der Waals surface area contributed by atoms with E-state index in [1.165, 1.54) is 36.7 Å². The molecule has 0 aliphatic carbocycles. The Hall–Kier alpha value is -4.97. The third-order valence-electron chi connectivity index (χ3n) is 7.28. The topological polar surface area (TPSA) is 108 Å². The van der Waals surface area contributed by atoms with Crippen molar-refractivity contribution in [3.63, 3.8) is 0 Å². The zero-order chi connectivity index (χ0) is 30.7. The van der Waals surface area contributed by atoms with Gasteiger partial charge in [0.25, 0.3) is 5.91 Å². The van der Waals surface area contributed by atoms with Gasteiger partial charge in [-0.05, 0) is 74.1 Å². The number of nitrogens with zero attached hydrogens (tertiary/aromatic N) is 5. The number of hydrogen-bond donors (Lipinski definition) is 2. The first-order valence-electron chi connectivity index (χ1n) is 13.5. The van der Waals surface area contributed by atoms with Crippen LogP contribution in [0.1, 0.15) is 31.8 Å². The number of carbonyl (C=O) groups is 2. The van der Waals surface area contributed by atoms with Crippen LogP contribution in [-0.4, -0.2) is 59.9 Å². The fraction of sp³-hybridized carbons (Fsp3) is 0.226. The number of alkyl halides is 3. The van der Waals surface area contributed by atoms with E-state index in [9.17, 15) is 22.8 Å². The second kappa shape index (κ2) is 12.1. The van der Waals surface area contributed by atoms with Crippen molar-refractivity contribution in [2.24, 2.45) is 5.73 Å². The standard InChI is InChI=1S/C31H30F3N7O2/c1-20-6-7-21(28(35)42)16-27(20)29(43)41(25-5-3-4-22(17-25)31(32,33)34)26-18-36-30(37-19-26)38-23-8-10-24(11-9-23)40-14-12-39(2)13-15-40/h3-11,16-19H,12-15H2,1-2H3,(H2,35,42)(H,36,37,38). The number of aromatic nitrogens is 2. The molecular weight excluding hydrogens is 559 g/mol. The average Bonchev–Trinajstić information content (AvgIpc) is 2.99. The zero-order valence-electron chi connectivity index (χ0n) is 23.6. The Balaban J connectivity index is 1.43. The molecule has 3 N–H and O–H groups in total. The predicted octanol–water partition coefficient (Wildman–Crippen LogP) is 5.38. The van der Waals surface area contributed by atoms with E-state index in [4.69, 9.17) is 5.73 Å². The number of piperazine rings is 1. The number of hydrogen-bond acceptors (Lipinski definition) is 7. The highest BCUT2D eigenvalue weighted by atomic mass is 19.4. The van der Waals surface area contributed by atoms with Crippen LogP contribution in [0, 0.1) is 6.92 Å². The number of aryl methyl sites for hydroxylation is 1. The molecule has 4 aromatic rings. The molecule has 222 valence electrons. The Morgan fingerprint density at radius 2 is 1.58 bits per heavy atom. The molecule has 9 nitrogen and oxygen atoms in total. The fourth-order valence-corrected chi connectivity index (χ4v) is 4.78. The number of primary amides is 1. The highest BCUT2D eigenvalue weighted by Crippen LogP contribution is 2.35. The van der Waals surface area contributed by atoms with Crippen LogP contribution in [0.3, 0.4) is 0 Å². The van der Waals surface area contributed by atoms with Crippen LogP contribution < -0.4 is 20.9 Å². The molecular formula is C31H30F3N7O2. The first-order valence-corrected chi connectivity index (χ1v) is 13.5. The van der Waals surface area contributed by atoms with Crippen molar-refractivity contribution in [3.05, 3.63) is 101 Å². The number of rotatable bonds is 7. The highest BCUT2D eigenvalue weighted by Gasteiger charge is 2.32. The molecule has 12 heteroatoms. The molecule has 1 aromatic heterocycles. The summed E-state index contributed by atoms with van der Waals surface area (Å²) in [5.41, 5.74) is 7.11. The predicted molar refractivity (Wildman–Crippen MR) is 159 cm³/mol. The molecule has 0 unspecified atom stereocenters. The van der Waals surface area contributed by atoms with Gasteiger partial charge in [-0.2, -0.15) is 13.2 Å². The van der Waals surface area contributed by atoms with Crippen LogP contribution in [0.5, 0.6) is 0 Å². The maximum Gasteiger partial charge on any atom is 0.416 e. The zero-order valence-corrected chi connectivity index (χ0v) is 23.6. The van der Waals surface area contributed by atoms with Crippen molar-refractivity contribution < 1.29 is 22.8 Å². The molecule has 0 atom stereocenters. The van der Waals surface area contributed by atoms with Gasteiger partial charge in [-0.3, -0.25) is 14.5 Å². The summed E-state index contributed by atoms with van der Waals surface area (Å²) in [5.74, 6) is -1.18. The van der Waals surface area contributed by atoms with E-state index in [0.29, 0.717) is 5.56 Å². The molecule has 0 spiro atoms. The highest BCUT2D eigenvalue weighted by molar-refractivity contribution is 6.12. The third kappa shape index (κ3) is 6.75. The molecule has 1 aliphatic rings. The Bertz CT molecular complexity index is 1620. The molecule has 1 saturated heterocycles. The van der Waals surface area contributed by atoms with Crippen LogP contribution in [0.2, 0.25) is 0 Å². The summed E-state index contributed by atoms with van der Waals surface area (Å²) in [5, 5.41) is 3.11. The van der Waals surface area contributed by atoms with Crippen LogP contribution >= 0.6 is 0 Å². The van der Waals surface area contributed by atoms with Crippen molar-refractivity contribution >= 4 is 40.5 Å². The van der Waals surface area contributed by atoms with Crippen molar-refractivity contribution in [3.8, 4) is 0 Å². The molecule has 1 aliphatic heterocycles. The van der Waals surface area contributed by atoms with Crippen molar-refractivity contribution in [2.75, 3.05) is 48.3 Å². The molecule has 0 radical (unpaired) electrons. The number of amides is 2. The van der Waals surface area contributed by atoms with E-state index in [2.05, 4.69) is 32.1 Å². The minimum atomic E-state index is -4.63. The lowest BCUT2D eigenvalue weighted by Gasteiger charge is -2.34. The Morgan fingerprint density at radius 1 is 0.907 bits per heavy atom. The lowest BCUT2D eigenvalue weighted by molar-refractivity contribution is -0.137. The Kier molecular flexibility index (Phi) is 8.31. The minimum Gasteiger partial charge on any atom is -0.369 e. The van der Waals surface area contributed by atoms with Crippen LogP contribution in [0.4, 0.5) is 41.9 Å². The molecule has 2 amide bonds. The number of likely N-dealkylation sites (N-methyl/N-ethyl adjacent to an activating group) is 1. The lowest BCUT2D eigenvalue weighted by Crippen LogP contribution is -2.44.